The molecule has 1 unspecified atom stereocenters. The van der Waals surface area contributed by atoms with Crippen LogP contribution in [0.1, 0.15) is 45.1 Å². The van der Waals surface area contributed by atoms with Crippen molar-refractivity contribution in [1.82, 2.24) is 0 Å². The second-order valence-electron chi connectivity index (χ2n) is 5.80. The fourth-order valence-electron chi connectivity index (χ4n) is 2.26. The van der Waals surface area contributed by atoms with Crippen LogP contribution in [-0.2, 0) is 9.09 Å². The van der Waals surface area contributed by atoms with Crippen molar-refractivity contribution < 1.29 is 18.9 Å². The monoisotopic (exact) mass is 286 g/mol. The van der Waals surface area contributed by atoms with E-state index in [0.717, 1.165) is 6.42 Å². The van der Waals surface area contributed by atoms with E-state index in [2.05, 4.69) is 37.4 Å². The maximum Gasteiger partial charge on any atom is 0.469 e. The predicted molar refractivity (Wildman–Crippen MR) is 75.9 cm³/mol. The average molecular weight is 286 g/mol. The van der Waals surface area contributed by atoms with Gasteiger partial charge in [-0.3, -0.25) is 4.52 Å². The molecular formula is C14H23O4P. The number of phosphoric ester groups is 1. The second kappa shape index (κ2) is 6.67. The molecule has 0 amide bonds. The molecule has 0 fully saturated rings. The summed E-state index contributed by atoms with van der Waals surface area (Å²) in [5, 5.41) is 0. The molecule has 0 radical (unpaired) electrons. The van der Waals surface area contributed by atoms with E-state index in [1.54, 1.807) is 0 Å². The van der Waals surface area contributed by atoms with Crippen LogP contribution in [0.4, 0.5) is 0 Å². The van der Waals surface area contributed by atoms with Crippen molar-refractivity contribution in [3.8, 4) is 0 Å². The Labute approximate surface area is 115 Å². The van der Waals surface area contributed by atoms with Crippen LogP contribution in [0.15, 0.2) is 30.3 Å². The summed E-state index contributed by atoms with van der Waals surface area (Å²) in [6.45, 7) is 6.61. The molecule has 1 atom stereocenters. The summed E-state index contributed by atoms with van der Waals surface area (Å²) in [6, 6.07) is 10.2. The largest absolute Gasteiger partial charge is 0.469 e. The van der Waals surface area contributed by atoms with Crippen LogP contribution in [0, 0.1) is 5.41 Å². The second-order valence-corrected chi connectivity index (χ2v) is 7.03. The minimum Gasteiger partial charge on any atom is -0.303 e. The summed E-state index contributed by atoms with van der Waals surface area (Å²) in [7, 11) is -4.34. The molecule has 0 saturated heterocycles. The van der Waals surface area contributed by atoms with E-state index in [9.17, 15) is 4.57 Å². The van der Waals surface area contributed by atoms with Gasteiger partial charge in [0.25, 0.3) is 0 Å². The van der Waals surface area contributed by atoms with Gasteiger partial charge in [-0.15, -0.1) is 0 Å². The Morgan fingerprint density at radius 1 is 1.21 bits per heavy atom. The molecule has 0 aromatic heterocycles. The Kier molecular flexibility index (Phi) is 5.75. The van der Waals surface area contributed by atoms with Gasteiger partial charge in [0, 0.05) is 0 Å². The molecule has 108 valence electrons. The zero-order chi connectivity index (χ0) is 14.5. The van der Waals surface area contributed by atoms with Crippen molar-refractivity contribution in [1.29, 1.82) is 0 Å². The summed E-state index contributed by atoms with van der Waals surface area (Å²) in [6.07, 6.45) is 1.47. The number of phosphoric acid groups is 1. The lowest BCUT2D eigenvalue weighted by Gasteiger charge is -2.31. The van der Waals surface area contributed by atoms with Crippen molar-refractivity contribution in [2.45, 2.75) is 39.5 Å². The SMILES string of the molecule is CC(C)(C)C(CCCOP(=O)(O)O)c1ccccc1. The fraction of sp³-hybridized carbons (Fsp3) is 0.571. The van der Waals surface area contributed by atoms with E-state index in [1.165, 1.54) is 5.56 Å². The van der Waals surface area contributed by atoms with E-state index in [1.807, 2.05) is 18.2 Å². The van der Waals surface area contributed by atoms with Crippen molar-refractivity contribution in [2.24, 2.45) is 5.41 Å². The first-order valence-corrected chi connectivity index (χ1v) is 7.98. The summed E-state index contributed by atoms with van der Waals surface area (Å²) in [5.41, 5.74) is 1.36. The van der Waals surface area contributed by atoms with Gasteiger partial charge in [-0.1, -0.05) is 51.1 Å². The highest BCUT2D eigenvalue weighted by Gasteiger charge is 2.26. The molecule has 4 nitrogen and oxygen atoms in total. The molecule has 0 spiro atoms. The molecule has 0 heterocycles. The summed E-state index contributed by atoms with van der Waals surface area (Å²) >= 11 is 0. The van der Waals surface area contributed by atoms with Crippen molar-refractivity contribution >= 4 is 7.82 Å². The van der Waals surface area contributed by atoms with Crippen molar-refractivity contribution in [2.75, 3.05) is 6.61 Å². The number of hydrogen-bond acceptors (Lipinski definition) is 2. The highest BCUT2D eigenvalue weighted by Crippen LogP contribution is 2.40. The Morgan fingerprint density at radius 2 is 1.79 bits per heavy atom. The minimum absolute atomic E-state index is 0.0870. The Hall–Kier alpha value is -0.670. The third kappa shape index (κ3) is 6.35. The lowest BCUT2D eigenvalue weighted by atomic mass is 9.74. The Balaban J connectivity index is 2.61. The van der Waals surface area contributed by atoms with Gasteiger partial charge >= 0.3 is 7.82 Å². The van der Waals surface area contributed by atoms with E-state index in [-0.39, 0.29) is 12.0 Å². The van der Waals surface area contributed by atoms with Gasteiger partial charge in [0.05, 0.1) is 6.61 Å². The molecule has 0 aliphatic heterocycles. The molecule has 1 aromatic rings. The van der Waals surface area contributed by atoms with Crippen LogP contribution >= 0.6 is 7.82 Å². The molecule has 0 saturated carbocycles. The molecule has 2 N–H and O–H groups in total. The highest BCUT2D eigenvalue weighted by atomic mass is 31.2. The predicted octanol–water partition coefficient (Wildman–Crippen LogP) is 3.71. The van der Waals surface area contributed by atoms with E-state index >= 15 is 0 Å². The molecule has 1 rings (SSSR count). The molecule has 19 heavy (non-hydrogen) atoms. The van der Waals surface area contributed by atoms with Gasteiger partial charge in [0.1, 0.15) is 0 Å². The topological polar surface area (TPSA) is 66.8 Å². The van der Waals surface area contributed by atoms with Gasteiger partial charge < -0.3 is 9.79 Å². The molecule has 5 heteroatoms. The first kappa shape index (κ1) is 16.4. The zero-order valence-corrected chi connectivity index (χ0v) is 12.6. The van der Waals surface area contributed by atoms with Gasteiger partial charge in [-0.25, -0.2) is 4.57 Å². The fourth-order valence-corrected chi connectivity index (χ4v) is 2.62. The number of benzene rings is 1. The van der Waals surface area contributed by atoms with Crippen LogP contribution in [0.25, 0.3) is 0 Å². The van der Waals surface area contributed by atoms with Crippen LogP contribution in [0.2, 0.25) is 0 Å². The molecule has 0 bridgehead atoms. The van der Waals surface area contributed by atoms with Gasteiger partial charge in [-0.05, 0) is 29.7 Å². The van der Waals surface area contributed by atoms with E-state index in [0.29, 0.717) is 12.3 Å². The summed E-state index contributed by atoms with van der Waals surface area (Å²) in [4.78, 5) is 17.3. The van der Waals surface area contributed by atoms with Crippen molar-refractivity contribution in [3.63, 3.8) is 0 Å². The molecule has 1 aromatic carbocycles. The molecular weight excluding hydrogens is 263 g/mol. The van der Waals surface area contributed by atoms with Crippen molar-refractivity contribution in [3.05, 3.63) is 35.9 Å². The Bertz CT molecular complexity index is 419. The van der Waals surface area contributed by atoms with Gasteiger partial charge in [-0.2, -0.15) is 0 Å². The first-order chi connectivity index (χ1) is 8.70. The van der Waals surface area contributed by atoms with Crippen LogP contribution < -0.4 is 0 Å². The average Bonchev–Trinajstić information content (AvgIpc) is 2.26. The number of hydrogen-bond donors (Lipinski definition) is 2. The minimum atomic E-state index is -4.34. The lowest BCUT2D eigenvalue weighted by molar-refractivity contribution is 0.186. The molecule has 0 aliphatic rings. The summed E-state index contributed by atoms with van der Waals surface area (Å²) in [5.74, 6) is 0.342. The summed E-state index contributed by atoms with van der Waals surface area (Å²) < 4.78 is 15.1. The van der Waals surface area contributed by atoms with Crippen LogP contribution in [0.3, 0.4) is 0 Å². The van der Waals surface area contributed by atoms with E-state index in [4.69, 9.17) is 9.79 Å². The Morgan fingerprint density at radius 3 is 2.26 bits per heavy atom. The third-order valence-corrected chi connectivity index (χ3v) is 3.66. The smallest absolute Gasteiger partial charge is 0.303 e. The van der Waals surface area contributed by atoms with Crippen LogP contribution in [-0.4, -0.2) is 16.4 Å². The van der Waals surface area contributed by atoms with Gasteiger partial charge in [0.15, 0.2) is 0 Å². The first-order valence-electron chi connectivity index (χ1n) is 6.45. The van der Waals surface area contributed by atoms with Crippen LogP contribution in [0.5, 0.6) is 0 Å². The standard InChI is InChI=1S/C14H23O4P/c1-14(2,3)13(12-8-5-4-6-9-12)10-7-11-18-19(15,16)17/h4-6,8-9,13H,7,10-11H2,1-3H3,(H2,15,16,17). The quantitative estimate of drug-likeness (QED) is 0.618. The zero-order valence-electron chi connectivity index (χ0n) is 11.7. The normalized spacial score (nSPS) is 14.4. The maximum atomic E-state index is 10.6. The lowest BCUT2D eigenvalue weighted by Crippen LogP contribution is -2.19. The molecule has 0 aliphatic carbocycles. The van der Waals surface area contributed by atoms with Gasteiger partial charge in [0.2, 0.25) is 0 Å². The third-order valence-electron chi connectivity index (χ3n) is 3.14. The van der Waals surface area contributed by atoms with E-state index < -0.39 is 7.82 Å². The highest BCUT2D eigenvalue weighted by molar-refractivity contribution is 7.46. The number of rotatable bonds is 6. The maximum absolute atomic E-state index is 10.6.